The molecule has 98 valence electrons. The van der Waals surface area contributed by atoms with E-state index in [4.69, 9.17) is 9.05 Å². The minimum atomic E-state index is -3.65. The molecule has 0 unspecified atom stereocenters. The summed E-state index contributed by atoms with van der Waals surface area (Å²) in [6.45, 7) is 4.96. The van der Waals surface area contributed by atoms with Gasteiger partial charge in [0, 0.05) is 12.1 Å². The summed E-state index contributed by atoms with van der Waals surface area (Å²) >= 11 is 0. The zero-order chi connectivity index (χ0) is 13.3. The fourth-order valence-corrected chi connectivity index (χ4v) is 2.92. The lowest BCUT2D eigenvalue weighted by molar-refractivity contribution is 0.390. The molecular weight excluding hydrogens is 258 g/mol. The second kappa shape index (κ2) is 4.54. The van der Waals surface area contributed by atoms with Crippen LogP contribution in [0.2, 0.25) is 0 Å². The summed E-state index contributed by atoms with van der Waals surface area (Å²) in [5.74, 6) is 0.846. The van der Waals surface area contributed by atoms with Gasteiger partial charge in [0.05, 0.1) is 6.20 Å². The Morgan fingerprint density at radius 2 is 1.94 bits per heavy atom. The second-order valence-corrected chi connectivity index (χ2v) is 5.59. The van der Waals surface area contributed by atoms with Crippen molar-refractivity contribution < 1.29 is 17.5 Å². The molecule has 0 radical (unpaired) electrons. The van der Waals surface area contributed by atoms with E-state index in [2.05, 4.69) is 15.0 Å². The molecule has 0 spiro atoms. The predicted molar refractivity (Wildman–Crippen MR) is 61.2 cm³/mol. The van der Waals surface area contributed by atoms with Gasteiger partial charge in [-0.3, -0.25) is 0 Å². The van der Waals surface area contributed by atoms with Crippen LogP contribution < -0.4 is 4.72 Å². The van der Waals surface area contributed by atoms with Crippen molar-refractivity contribution in [2.75, 3.05) is 0 Å². The highest BCUT2D eigenvalue weighted by Crippen LogP contribution is 2.19. The molecule has 0 saturated carbocycles. The van der Waals surface area contributed by atoms with Gasteiger partial charge in [-0.25, -0.2) is 13.1 Å². The maximum absolute atomic E-state index is 12.1. The van der Waals surface area contributed by atoms with Crippen LogP contribution in [-0.4, -0.2) is 18.7 Å². The fraction of sp³-hybridized carbons (Fsp3) is 0.400. The first-order chi connectivity index (χ1) is 8.42. The van der Waals surface area contributed by atoms with E-state index in [1.165, 1.54) is 6.20 Å². The maximum Gasteiger partial charge on any atom is 0.246 e. The van der Waals surface area contributed by atoms with Gasteiger partial charge in [-0.1, -0.05) is 10.3 Å². The van der Waals surface area contributed by atoms with Gasteiger partial charge in [0.15, 0.2) is 5.76 Å². The van der Waals surface area contributed by atoms with Gasteiger partial charge in [0.1, 0.15) is 16.3 Å². The van der Waals surface area contributed by atoms with Gasteiger partial charge < -0.3 is 9.05 Å². The van der Waals surface area contributed by atoms with Crippen LogP contribution in [0, 0.1) is 20.8 Å². The summed E-state index contributed by atoms with van der Waals surface area (Å²) in [5, 5.41) is 7.20. The van der Waals surface area contributed by atoms with Crippen molar-refractivity contribution in [3.05, 3.63) is 29.0 Å². The van der Waals surface area contributed by atoms with E-state index in [-0.39, 0.29) is 17.2 Å². The van der Waals surface area contributed by atoms with Gasteiger partial charge in [-0.2, -0.15) is 0 Å². The largest absolute Gasteiger partial charge is 0.361 e. The molecule has 2 aromatic heterocycles. The summed E-state index contributed by atoms with van der Waals surface area (Å²) in [5.41, 5.74) is 1.02. The third kappa shape index (κ3) is 2.29. The van der Waals surface area contributed by atoms with Crippen molar-refractivity contribution in [1.82, 2.24) is 15.0 Å². The first kappa shape index (κ1) is 12.8. The minimum absolute atomic E-state index is 0.0802. The molecule has 0 atom stereocenters. The highest BCUT2D eigenvalue weighted by Gasteiger charge is 2.24. The fourth-order valence-electron chi connectivity index (χ4n) is 1.59. The molecule has 0 aliphatic carbocycles. The van der Waals surface area contributed by atoms with Crippen LogP contribution in [0.1, 0.15) is 22.8 Å². The molecule has 2 rings (SSSR count). The first-order valence-electron chi connectivity index (χ1n) is 5.24. The van der Waals surface area contributed by atoms with Crippen LogP contribution in [-0.2, 0) is 16.6 Å². The zero-order valence-electron chi connectivity index (χ0n) is 10.2. The molecule has 0 aromatic carbocycles. The summed E-state index contributed by atoms with van der Waals surface area (Å²) in [6, 6.07) is 0. The van der Waals surface area contributed by atoms with Crippen LogP contribution in [0.25, 0.3) is 0 Å². The molecular formula is C10H13N3O4S. The Kier molecular flexibility index (Phi) is 3.22. The van der Waals surface area contributed by atoms with E-state index < -0.39 is 10.0 Å². The van der Waals surface area contributed by atoms with Gasteiger partial charge in [-0.05, 0) is 20.8 Å². The molecule has 2 aromatic rings. The normalized spacial score (nSPS) is 11.9. The van der Waals surface area contributed by atoms with Crippen LogP contribution >= 0.6 is 0 Å². The van der Waals surface area contributed by atoms with Crippen LogP contribution in [0.3, 0.4) is 0 Å². The third-order valence-corrected chi connectivity index (χ3v) is 4.18. The Bertz CT molecular complexity index is 637. The molecule has 1 N–H and O–H groups in total. The number of hydrogen-bond acceptors (Lipinski definition) is 6. The van der Waals surface area contributed by atoms with Gasteiger partial charge in [0.25, 0.3) is 0 Å². The van der Waals surface area contributed by atoms with Crippen molar-refractivity contribution in [2.24, 2.45) is 0 Å². The molecule has 18 heavy (non-hydrogen) atoms. The van der Waals surface area contributed by atoms with Crippen LogP contribution in [0.4, 0.5) is 0 Å². The molecule has 0 fully saturated rings. The summed E-state index contributed by atoms with van der Waals surface area (Å²) < 4.78 is 36.3. The van der Waals surface area contributed by atoms with Crippen molar-refractivity contribution in [3.8, 4) is 0 Å². The lowest BCUT2D eigenvalue weighted by Crippen LogP contribution is -2.24. The standard InChI is InChI=1S/C10H13N3O4S/c1-6-10(8(3)17-13-6)18(14,15)12-5-9-4-11-16-7(9)2/h4,12H,5H2,1-3H3. The van der Waals surface area contributed by atoms with Crippen molar-refractivity contribution in [3.63, 3.8) is 0 Å². The van der Waals surface area contributed by atoms with Crippen LogP contribution in [0.15, 0.2) is 20.1 Å². The van der Waals surface area contributed by atoms with Crippen molar-refractivity contribution in [2.45, 2.75) is 32.2 Å². The van der Waals surface area contributed by atoms with Crippen molar-refractivity contribution in [1.29, 1.82) is 0 Å². The minimum Gasteiger partial charge on any atom is -0.361 e. The van der Waals surface area contributed by atoms with E-state index in [0.717, 1.165) is 0 Å². The van der Waals surface area contributed by atoms with E-state index in [1.807, 2.05) is 0 Å². The number of aromatic nitrogens is 2. The van der Waals surface area contributed by atoms with E-state index in [9.17, 15) is 8.42 Å². The quantitative estimate of drug-likeness (QED) is 0.893. The first-order valence-corrected chi connectivity index (χ1v) is 6.73. The van der Waals surface area contributed by atoms with E-state index >= 15 is 0 Å². The topological polar surface area (TPSA) is 98.2 Å². The molecule has 0 aliphatic heterocycles. The van der Waals surface area contributed by atoms with E-state index in [0.29, 0.717) is 17.0 Å². The smallest absolute Gasteiger partial charge is 0.246 e. The molecule has 0 bridgehead atoms. The molecule has 0 saturated heterocycles. The Labute approximate surface area is 104 Å². The molecule has 7 nitrogen and oxygen atoms in total. The van der Waals surface area contributed by atoms with Crippen molar-refractivity contribution >= 4 is 10.0 Å². The highest BCUT2D eigenvalue weighted by molar-refractivity contribution is 7.89. The average molecular weight is 271 g/mol. The molecule has 0 aliphatic rings. The number of rotatable bonds is 4. The van der Waals surface area contributed by atoms with E-state index in [1.54, 1.807) is 20.8 Å². The number of hydrogen-bond donors (Lipinski definition) is 1. The molecule has 8 heteroatoms. The lowest BCUT2D eigenvalue weighted by Gasteiger charge is -2.04. The number of aryl methyl sites for hydroxylation is 3. The SMILES string of the molecule is Cc1noc(C)c1S(=O)(=O)NCc1cnoc1C. The van der Waals surface area contributed by atoms with Gasteiger partial charge in [0.2, 0.25) is 10.0 Å². The number of sulfonamides is 1. The number of nitrogens with zero attached hydrogens (tertiary/aromatic N) is 2. The summed E-state index contributed by atoms with van der Waals surface area (Å²) in [6.07, 6.45) is 1.48. The Balaban J connectivity index is 2.21. The Morgan fingerprint density at radius 1 is 1.22 bits per heavy atom. The average Bonchev–Trinajstić information content (AvgIpc) is 2.83. The summed E-state index contributed by atoms with van der Waals surface area (Å²) in [7, 11) is -3.65. The van der Waals surface area contributed by atoms with Crippen LogP contribution in [0.5, 0.6) is 0 Å². The third-order valence-electron chi connectivity index (χ3n) is 2.54. The second-order valence-electron chi connectivity index (χ2n) is 3.89. The lowest BCUT2D eigenvalue weighted by atomic mass is 10.3. The highest BCUT2D eigenvalue weighted by atomic mass is 32.2. The summed E-state index contributed by atoms with van der Waals surface area (Å²) in [4.78, 5) is 0.0802. The Hall–Kier alpha value is -1.67. The zero-order valence-corrected chi connectivity index (χ0v) is 11.0. The monoisotopic (exact) mass is 271 g/mol. The Morgan fingerprint density at radius 3 is 2.44 bits per heavy atom. The number of nitrogens with one attached hydrogen (secondary N) is 1. The van der Waals surface area contributed by atoms with Gasteiger partial charge >= 0.3 is 0 Å². The molecule has 2 heterocycles. The predicted octanol–water partition coefficient (Wildman–Crippen LogP) is 1.07. The molecule has 0 amide bonds. The van der Waals surface area contributed by atoms with Gasteiger partial charge in [-0.15, -0.1) is 0 Å². The maximum atomic E-state index is 12.1.